The van der Waals surface area contributed by atoms with Gasteiger partial charge in [-0.15, -0.1) is 0 Å². The maximum atomic E-state index is 9.85. The normalized spacial score (nSPS) is 18.0. The van der Waals surface area contributed by atoms with Crippen molar-refractivity contribution >= 4 is 5.69 Å². The molecule has 0 bridgehead atoms. The van der Waals surface area contributed by atoms with Gasteiger partial charge in [0.25, 0.3) is 0 Å². The maximum Gasteiger partial charge on any atom is 0.119 e. The number of nitrogens with zero attached hydrogens (tertiary/aromatic N) is 1. The Kier molecular flexibility index (Phi) is 9.24. The smallest absolute Gasteiger partial charge is 0.119 e. The number of methoxy groups -OCH3 is 1. The standard InChI is InChI=1S/C34H44N2O2/c1-38-32-16-17-34(33(25-32)30-13-12-29-24-31(37)15-14-28(29)23-30)35-19-6-7-26-8-10-27(11-9-26)18-22-36-20-4-2-3-5-21-36/h8-11,14-17,24-25,30,35,37H,2-7,12-13,18-23H2,1H3. The van der Waals surface area contributed by atoms with Gasteiger partial charge < -0.3 is 20.1 Å². The van der Waals surface area contributed by atoms with Gasteiger partial charge in [-0.2, -0.15) is 0 Å². The molecule has 2 aliphatic rings. The Hall–Kier alpha value is -2.98. The summed E-state index contributed by atoms with van der Waals surface area (Å²) in [6, 6.07) is 21.6. The number of ether oxygens (including phenoxy) is 1. The second-order valence-corrected chi connectivity index (χ2v) is 11.2. The first-order chi connectivity index (χ1) is 18.7. The summed E-state index contributed by atoms with van der Waals surface area (Å²) in [6.07, 6.45) is 12.0. The van der Waals surface area contributed by atoms with Crippen LogP contribution in [0.2, 0.25) is 0 Å². The van der Waals surface area contributed by atoms with Gasteiger partial charge in [-0.1, -0.05) is 43.2 Å². The third-order valence-electron chi connectivity index (χ3n) is 8.51. The molecule has 5 rings (SSSR count). The molecule has 2 N–H and O–H groups in total. The van der Waals surface area contributed by atoms with Crippen LogP contribution < -0.4 is 10.1 Å². The molecule has 3 aromatic rings. The van der Waals surface area contributed by atoms with Crippen molar-refractivity contribution in [2.45, 2.75) is 70.1 Å². The predicted octanol–water partition coefficient (Wildman–Crippen LogP) is 7.14. The molecule has 1 aliphatic heterocycles. The van der Waals surface area contributed by atoms with Gasteiger partial charge in [-0.05, 0) is 129 Å². The number of likely N-dealkylation sites (tertiary alicyclic amines) is 1. The first-order valence-corrected chi connectivity index (χ1v) is 14.7. The molecule has 0 amide bonds. The van der Waals surface area contributed by atoms with Crippen LogP contribution in [0.4, 0.5) is 5.69 Å². The van der Waals surface area contributed by atoms with Crippen molar-refractivity contribution in [2.75, 3.05) is 38.6 Å². The predicted molar refractivity (Wildman–Crippen MR) is 158 cm³/mol. The number of phenolic OH excluding ortho intramolecular Hbond substituents is 1. The number of rotatable bonds is 10. The minimum Gasteiger partial charge on any atom is -0.508 e. The van der Waals surface area contributed by atoms with E-state index in [1.807, 2.05) is 12.1 Å². The average Bonchev–Trinajstić information content (AvgIpc) is 3.23. The highest BCUT2D eigenvalue weighted by Crippen LogP contribution is 2.38. The van der Waals surface area contributed by atoms with Crippen molar-refractivity contribution in [2.24, 2.45) is 0 Å². The fourth-order valence-electron chi connectivity index (χ4n) is 6.21. The van der Waals surface area contributed by atoms with Gasteiger partial charge >= 0.3 is 0 Å². The molecule has 1 atom stereocenters. The molecule has 38 heavy (non-hydrogen) atoms. The topological polar surface area (TPSA) is 44.7 Å². The number of aryl methyl sites for hydroxylation is 2. The molecule has 3 aromatic carbocycles. The van der Waals surface area contributed by atoms with E-state index >= 15 is 0 Å². The third-order valence-corrected chi connectivity index (χ3v) is 8.51. The van der Waals surface area contributed by atoms with E-state index in [4.69, 9.17) is 4.74 Å². The van der Waals surface area contributed by atoms with Crippen LogP contribution in [0.15, 0.2) is 60.7 Å². The van der Waals surface area contributed by atoms with E-state index in [1.165, 1.54) is 78.8 Å². The fourth-order valence-corrected chi connectivity index (χ4v) is 6.21. The van der Waals surface area contributed by atoms with Crippen molar-refractivity contribution in [1.29, 1.82) is 0 Å². The molecule has 1 aliphatic carbocycles. The number of nitrogens with one attached hydrogen (secondary N) is 1. The Balaban J connectivity index is 1.13. The second kappa shape index (κ2) is 13.2. The molecule has 1 unspecified atom stereocenters. The van der Waals surface area contributed by atoms with E-state index in [9.17, 15) is 5.11 Å². The van der Waals surface area contributed by atoms with Crippen LogP contribution in [-0.2, 0) is 25.7 Å². The summed E-state index contributed by atoms with van der Waals surface area (Å²) in [4.78, 5) is 2.65. The number of fused-ring (bicyclic) bond motifs is 1. The number of benzene rings is 3. The van der Waals surface area contributed by atoms with Crippen LogP contribution in [0.3, 0.4) is 0 Å². The van der Waals surface area contributed by atoms with Gasteiger partial charge in [0.2, 0.25) is 0 Å². The summed E-state index contributed by atoms with van der Waals surface area (Å²) in [6.45, 7) is 4.70. The molecule has 0 aromatic heterocycles. The molecule has 0 spiro atoms. The molecule has 4 nitrogen and oxygen atoms in total. The zero-order chi connectivity index (χ0) is 26.2. The largest absolute Gasteiger partial charge is 0.508 e. The highest BCUT2D eigenvalue weighted by molar-refractivity contribution is 5.57. The van der Waals surface area contributed by atoms with Gasteiger partial charge in [-0.25, -0.2) is 0 Å². The quantitative estimate of drug-likeness (QED) is 0.284. The van der Waals surface area contributed by atoms with Gasteiger partial charge in [0, 0.05) is 18.8 Å². The minimum atomic E-state index is 0.369. The van der Waals surface area contributed by atoms with Gasteiger partial charge in [0.1, 0.15) is 11.5 Å². The fraction of sp³-hybridized carbons (Fsp3) is 0.471. The van der Waals surface area contributed by atoms with E-state index in [2.05, 4.69) is 58.7 Å². The number of aromatic hydroxyl groups is 1. The lowest BCUT2D eigenvalue weighted by atomic mass is 9.79. The lowest BCUT2D eigenvalue weighted by Gasteiger charge is -2.27. The lowest BCUT2D eigenvalue weighted by Crippen LogP contribution is -2.26. The molecule has 4 heteroatoms. The Labute approximate surface area is 229 Å². The monoisotopic (exact) mass is 512 g/mol. The Morgan fingerprint density at radius 3 is 2.39 bits per heavy atom. The Morgan fingerprint density at radius 1 is 0.868 bits per heavy atom. The number of phenols is 1. The summed E-state index contributed by atoms with van der Waals surface area (Å²) >= 11 is 0. The highest BCUT2D eigenvalue weighted by atomic mass is 16.5. The number of anilines is 1. The van der Waals surface area contributed by atoms with Gasteiger partial charge in [-0.3, -0.25) is 0 Å². The molecule has 0 radical (unpaired) electrons. The summed E-state index contributed by atoms with van der Waals surface area (Å²) < 4.78 is 5.57. The number of hydrogen-bond donors (Lipinski definition) is 2. The molecular weight excluding hydrogens is 468 g/mol. The Morgan fingerprint density at radius 2 is 1.63 bits per heavy atom. The van der Waals surface area contributed by atoms with Crippen LogP contribution in [0.1, 0.15) is 72.3 Å². The third kappa shape index (κ3) is 7.11. The first kappa shape index (κ1) is 26.6. The molecule has 0 saturated carbocycles. The van der Waals surface area contributed by atoms with E-state index in [0.717, 1.165) is 50.8 Å². The van der Waals surface area contributed by atoms with Crippen molar-refractivity contribution < 1.29 is 9.84 Å². The molecule has 1 fully saturated rings. The van der Waals surface area contributed by atoms with Crippen LogP contribution in [-0.4, -0.2) is 43.3 Å². The molecular formula is C34H44N2O2. The summed E-state index contributed by atoms with van der Waals surface area (Å²) in [5.74, 6) is 1.73. The van der Waals surface area contributed by atoms with E-state index < -0.39 is 0 Å². The van der Waals surface area contributed by atoms with Crippen molar-refractivity contribution in [3.05, 3.63) is 88.5 Å². The van der Waals surface area contributed by atoms with E-state index in [-0.39, 0.29) is 0 Å². The maximum absolute atomic E-state index is 9.85. The SMILES string of the molecule is COc1ccc(NCCCc2ccc(CCN3CCCCCC3)cc2)c(C2CCc3cc(O)ccc3C2)c1. The van der Waals surface area contributed by atoms with Crippen LogP contribution in [0, 0.1) is 0 Å². The van der Waals surface area contributed by atoms with Gasteiger partial charge in [0.15, 0.2) is 0 Å². The number of hydrogen-bond acceptors (Lipinski definition) is 4. The van der Waals surface area contributed by atoms with E-state index in [1.54, 1.807) is 7.11 Å². The zero-order valence-corrected chi connectivity index (χ0v) is 23.1. The summed E-state index contributed by atoms with van der Waals surface area (Å²) in [5.41, 5.74) is 8.09. The van der Waals surface area contributed by atoms with Crippen molar-refractivity contribution in [1.82, 2.24) is 4.90 Å². The summed E-state index contributed by atoms with van der Waals surface area (Å²) in [7, 11) is 1.74. The molecule has 1 saturated heterocycles. The van der Waals surface area contributed by atoms with Gasteiger partial charge in [0.05, 0.1) is 7.11 Å². The molecule has 1 heterocycles. The summed E-state index contributed by atoms with van der Waals surface area (Å²) in [5, 5.41) is 13.6. The van der Waals surface area contributed by atoms with E-state index in [0.29, 0.717) is 11.7 Å². The highest BCUT2D eigenvalue weighted by Gasteiger charge is 2.23. The average molecular weight is 513 g/mol. The van der Waals surface area contributed by atoms with Crippen LogP contribution >= 0.6 is 0 Å². The zero-order valence-electron chi connectivity index (χ0n) is 23.1. The minimum absolute atomic E-state index is 0.369. The van der Waals surface area contributed by atoms with Crippen LogP contribution in [0.25, 0.3) is 0 Å². The first-order valence-electron chi connectivity index (χ1n) is 14.7. The molecule has 202 valence electrons. The van der Waals surface area contributed by atoms with Crippen molar-refractivity contribution in [3.63, 3.8) is 0 Å². The lowest BCUT2D eigenvalue weighted by molar-refractivity contribution is 0.289. The van der Waals surface area contributed by atoms with Crippen LogP contribution in [0.5, 0.6) is 11.5 Å². The Bertz CT molecular complexity index is 1170. The second-order valence-electron chi connectivity index (χ2n) is 11.2. The van der Waals surface area contributed by atoms with Crippen molar-refractivity contribution in [3.8, 4) is 11.5 Å².